The fraction of sp³-hybridized carbons (Fsp3) is 0.615. The van der Waals surface area contributed by atoms with E-state index in [2.05, 4.69) is 39.7 Å². The lowest BCUT2D eigenvalue weighted by atomic mass is 9.78. The number of hydrogen-bond donors (Lipinski definition) is 1. The smallest absolute Gasteiger partial charge is 0.0776 e. The van der Waals surface area contributed by atoms with Crippen molar-refractivity contribution in [3.63, 3.8) is 0 Å². The number of anilines is 2. The lowest BCUT2D eigenvalue weighted by molar-refractivity contribution is 0.238. The molecule has 1 aliphatic heterocycles. The maximum Gasteiger partial charge on any atom is 0.0776 e. The van der Waals surface area contributed by atoms with E-state index in [4.69, 9.17) is 5.73 Å². The van der Waals surface area contributed by atoms with E-state index in [0.717, 1.165) is 28.9 Å². The normalized spacial score (nSPS) is 19.4. The van der Waals surface area contributed by atoms with Crippen LogP contribution in [0.25, 0.3) is 0 Å². The summed E-state index contributed by atoms with van der Waals surface area (Å²) >= 11 is 3.54. The fourth-order valence-corrected chi connectivity index (χ4v) is 3.00. The first-order valence-corrected chi connectivity index (χ1v) is 6.99. The van der Waals surface area contributed by atoms with Crippen LogP contribution in [0.4, 0.5) is 11.4 Å². The molecular formula is C13H20BrN3. The summed E-state index contributed by atoms with van der Waals surface area (Å²) in [5, 5.41) is 0. The fourth-order valence-electron chi connectivity index (χ4n) is 2.40. The van der Waals surface area contributed by atoms with Crippen molar-refractivity contribution in [1.29, 1.82) is 0 Å². The summed E-state index contributed by atoms with van der Waals surface area (Å²) in [5.41, 5.74) is 8.40. The summed E-state index contributed by atoms with van der Waals surface area (Å²) in [7, 11) is 0. The van der Waals surface area contributed by atoms with E-state index in [1.54, 1.807) is 6.20 Å². The van der Waals surface area contributed by atoms with Crippen molar-refractivity contribution in [2.45, 2.75) is 33.1 Å². The Morgan fingerprint density at radius 1 is 1.41 bits per heavy atom. The number of pyridine rings is 1. The van der Waals surface area contributed by atoms with E-state index in [9.17, 15) is 0 Å². The minimum atomic E-state index is 0.505. The highest BCUT2D eigenvalue weighted by Gasteiger charge is 2.29. The number of nitrogens with two attached hydrogens (primary N) is 1. The van der Waals surface area contributed by atoms with E-state index in [1.807, 2.05) is 6.20 Å². The number of hydrogen-bond acceptors (Lipinski definition) is 3. The van der Waals surface area contributed by atoms with Gasteiger partial charge in [-0.25, -0.2) is 0 Å². The van der Waals surface area contributed by atoms with Crippen LogP contribution in [0.5, 0.6) is 0 Å². The Labute approximate surface area is 112 Å². The molecule has 1 aromatic rings. The Bertz CT molecular complexity index is 377. The number of nitrogen functional groups attached to an aromatic ring is 1. The molecule has 1 aliphatic rings. The summed E-state index contributed by atoms with van der Waals surface area (Å²) < 4.78 is 0.998. The van der Waals surface area contributed by atoms with Crippen molar-refractivity contribution in [3.8, 4) is 0 Å². The lowest BCUT2D eigenvalue weighted by Crippen LogP contribution is -2.38. The molecule has 0 unspecified atom stereocenters. The number of halogens is 1. The molecule has 1 aromatic heterocycles. The van der Waals surface area contributed by atoms with E-state index in [0.29, 0.717) is 5.41 Å². The molecule has 0 bridgehead atoms. The highest BCUT2D eigenvalue weighted by molar-refractivity contribution is 9.10. The van der Waals surface area contributed by atoms with Crippen LogP contribution in [0.3, 0.4) is 0 Å². The minimum absolute atomic E-state index is 0.505. The summed E-state index contributed by atoms with van der Waals surface area (Å²) in [4.78, 5) is 6.46. The molecule has 1 saturated heterocycles. The third kappa shape index (κ3) is 2.57. The van der Waals surface area contributed by atoms with Crippen molar-refractivity contribution < 1.29 is 0 Å². The molecule has 0 saturated carbocycles. The highest BCUT2D eigenvalue weighted by Crippen LogP contribution is 2.39. The molecule has 2 heterocycles. The predicted octanol–water partition coefficient (Wildman–Crippen LogP) is 3.44. The van der Waals surface area contributed by atoms with Crippen molar-refractivity contribution in [2.24, 2.45) is 5.41 Å². The largest absolute Gasteiger partial charge is 0.396 e. The molecule has 2 rings (SSSR count). The zero-order valence-electron chi connectivity index (χ0n) is 10.5. The molecule has 0 aromatic carbocycles. The second kappa shape index (κ2) is 4.84. The summed E-state index contributed by atoms with van der Waals surface area (Å²) in [5.74, 6) is 0. The van der Waals surface area contributed by atoms with Gasteiger partial charge in [-0.2, -0.15) is 0 Å². The Hall–Kier alpha value is -0.770. The van der Waals surface area contributed by atoms with Gasteiger partial charge in [-0.05, 0) is 34.2 Å². The molecule has 4 heteroatoms. The highest BCUT2D eigenvalue weighted by atomic mass is 79.9. The number of rotatable bonds is 2. The van der Waals surface area contributed by atoms with E-state index < -0.39 is 0 Å². The maximum atomic E-state index is 6.02. The van der Waals surface area contributed by atoms with Gasteiger partial charge in [-0.15, -0.1) is 0 Å². The van der Waals surface area contributed by atoms with Crippen molar-refractivity contribution in [1.82, 2.24) is 4.98 Å². The van der Waals surface area contributed by atoms with Gasteiger partial charge in [-0.3, -0.25) is 4.98 Å². The maximum absolute atomic E-state index is 6.02. The van der Waals surface area contributed by atoms with Gasteiger partial charge < -0.3 is 10.6 Å². The average Bonchev–Trinajstić information content (AvgIpc) is 2.31. The topological polar surface area (TPSA) is 42.1 Å². The first-order valence-electron chi connectivity index (χ1n) is 6.20. The summed E-state index contributed by atoms with van der Waals surface area (Å²) in [6.45, 7) is 6.83. The Kier molecular flexibility index (Phi) is 3.61. The second-order valence-corrected chi connectivity index (χ2v) is 6.06. The molecule has 17 heavy (non-hydrogen) atoms. The molecule has 0 atom stereocenters. The van der Waals surface area contributed by atoms with Gasteiger partial charge in [-0.1, -0.05) is 20.3 Å². The Morgan fingerprint density at radius 2 is 2.06 bits per heavy atom. The van der Waals surface area contributed by atoms with Gasteiger partial charge in [0.25, 0.3) is 0 Å². The number of nitrogens with zero attached hydrogens (tertiary/aromatic N) is 2. The van der Waals surface area contributed by atoms with Crippen LogP contribution in [0.1, 0.15) is 33.1 Å². The van der Waals surface area contributed by atoms with Crippen LogP contribution in [0.2, 0.25) is 0 Å². The quantitative estimate of drug-likeness (QED) is 0.909. The van der Waals surface area contributed by atoms with Gasteiger partial charge in [0, 0.05) is 19.3 Å². The second-order valence-electron chi connectivity index (χ2n) is 5.21. The third-order valence-electron chi connectivity index (χ3n) is 4.04. The Balaban J connectivity index is 2.16. The first-order chi connectivity index (χ1) is 8.06. The molecule has 3 nitrogen and oxygen atoms in total. The monoisotopic (exact) mass is 297 g/mol. The van der Waals surface area contributed by atoms with Gasteiger partial charge in [0.05, 0.1) is 22.0 Å². The third-order valence-corrected chi connectivity index (χ3v) is 4.62. The molecule has 1 fully saturated rings. The van der Waals surface area contributed by atoms with Gasteiger partial charge in [0.15, 0.2) is 0 Å². The zero-order valence-corrected chi connectivity index (χ0v) is 12.1. The average molecular weight is 298 g/mol. The molecule has 2 N–H and O–H groups in total. The molecule has 0 aliphatic carbocycles. The van der Waals surface area contributed by atoms with Crippen LogP contribution in [-0.2, 0) is 0 Å². The van der Waals surface area contributed by atoms with Crippen LogP contribution >= 0.6 is 15.9 Å². The first kappa shape index (κ1) is 12.7. The van der Waals surface area contributed by atoms with Crippen LogP contribution in [0.15, 0.2) is 16.9 Å². The SMILES string of the molecule is CCC1(C)CCN(c2c(N)cncc2Br)CC1. The van der Waals surface area contributed by atoms with Gasteiger partial charge in [0.1, 0.15) is 0 Å². The van der Waals surface area contributed by atoms with Crippen molar-refractivity contribution in [3.05, 3.63) is 16.9 Å². The molecule has 0 amide bonds. The zero-order chi connectivity index (χ0) is 12.5. The standard InChI is InChI=1S/C13H20BrN3/c1-3-13(2)4-6-17(7-5-13)12-10(14)8-16-9-11(12)15/h8-9H,3-7,15H2,1-2H3. The lowest BCUT2D eigenvalue weighted by Gasteiger charge is -2.40. The number of aromatic nitrogens is 1. The summed E-state index contributed by atoms with van der Waals surface area (Å²) in [6.07, 6.45) is 7.27. The van der Waals surface area contributed by atoms with E-state index in [-0.39, 0.29) is 0 Å². The molecule has 0 radical (unpaired) electrons. The van der Waals surface area contributed by atoms with Crippen molar-refractivity contribution >= 4 is 27.3 Å². The predicted molar refractivity (Wildman–Crippen MR) is 76.2 cm³/mol. The van der Waals surface area contributed by atoms with Crippen LogP contribution in [0, 0.1) is 5.41 Å². The van der Waals surface area contributed by atoms with Crippen molar-refractivity contribution in [2.75, 3.05) is 23.7 Å². The van der Waals surface area contributed by atoms with E-state index in [1.165, 1.54) is 19.3 Å². The van der Waals surface area contributed by atoms with Crippen LogP contribution < -0.4 is 10.6 Å². The Morgan fingerprint density at radius 3 is 2.59 bits per heavy atom. The van der Waals surface area contributed by atoms with E-state index >= 15 is 0 Å². The molecule has 0 spiro atoms. The molecular weight excluding hydrogens is 278 g/mol. The van der Waals surface area contributed by atoms with Gasteiger partial charge >= 0.3 is 0 Å². The minimum Gasteiger partial charge on any atom is -0.396 e. The van der Waals surface area contributed by atoms with Crippen LogP contribution in [-0.4, -0.2) is 18.1 Å². The molecule has 94 valence electrons. The number of piperidine rings is 1. The van der Waals surface area contributed by atoms with Gasteiger partial charge in [0.2, 0.25) is 0 Å². The summed E-state index contributed by atoms with van der Waals surface area (Å²) in [6, 6.07) is 0.